The summed E-state index contributed by atoms with van der Waals surface area (Å²) in [4.78, 5) is 18.5. The Kier molecular flexibility index (Phi) is 8.96. The number of likely N-dealkylation sites (tertiary alicyclic amines) is 1. The van der Waals surface area contributed by atoms with Gasteiger partial charge in [-0.25, -0.2) is 0 Å². The lowest BCUT2D eigenvalue weighted by Gasteiger charge is -2.46. The molecule has 5 unspecified atom stereocenters. The minimum absolute atomic E-state index is 0.0384. The lowest BCUT2D eigenvalue weighted by molar-refractivity contribution is -0.892. The van der Waals surface area contributed by atoms with Crippen molar-refractivity contribution in [3.05, 3.63) is 11.2 Å². The maximum atomic E-state index is 13.6. The van der Waals surface area contributed by atoms with E-state index in [0.717, 1.165) is 44.2 Å². The van der Waals surface area contributed by atoms with E-state index in [1.54, 1.807) is 0 Å². The van der Waals surface area contributed by atoms with Gasteiger partial charge in [-0.3, -0.25) is 19.5 Å². The first-order chi connectivity index (χ1) is 15.2. The predicted molar refractivity (Wildman–Crippen MR) is 130 cm³/mol. The number of amides is 1. The van der Waals surface area contributed by atoms with E-state index in [1.165, 1.54) is 12.8 Å². The Labute approximate surface area is 198 Å². The number of carbonyl (C=O) groups excluding carboxylic acids is 1. The Balaban J connectivity index is 1.71. The Morgan fingerprint density at radius 1 is 1.34 bits per heavy atom. The van der Waals surface area contributed by atoms with Gasteiger partial charge in [0.15, 0.2) is 6.17 Å². The van der Waals surface area contributed by atoms with Crippen molar-refractivity contribution in [2.75, 3.05) is 60.4 Å². The zero-order valence-corrected chi connectivity index (χ0v) is 20.9. The van der Waals surface area contributed by atoms with E-state index < -0.39 is 12.1 Å². The van der Waals surface area contributed by atoms with Crippen LogP contribution in [0.4, 0.5) is 0 Å². The fraction of sp³-hybridized carbons (Fsp3) is 0.864. The van der Waals surface area contributed by atoms with Crippen LogP contribution >= 0.6 is 11.6 Å². The van der Waals surface area contributed by atoms with Gasteiger partial charge < -0.3 is 27.0 Å². The second-order valence-electron chi connectivity index (χ2n) is 10.1. The molecule has 10 heteroatoms. The Bertz CT molecular complexity index is 666. The largest absolute Gasteiger partial charge is 0.350 e. The lowest BCUT2D eigenvalue weighted by Crippen LogP contribution is -2.70. The zero-order valence-electron chi connectivity index (χ0n) is 20.2. The first-order valence-corrected chi connectivity index (χ1v) is 12.4. The molecular formula is C22H44ClN8O+. The molecule has 3 heterocycles. The van der Waals surface area contributed by atoms with Gasteiger partial charge in [0.1, 0.15) is 12.1 Å². The van der Waals surface area contributed by atoms with Gasteiger partial charge in [-0.1, -0.05) is 11.6 Å². The number of carbonyl (C=O) groups is 1. The number of nitrogens with zero attached hydrogens (tertiary/aromatic N) is 3. The van der Waals surface area contributed by atoms with Crippen molar-refractivity contribution in [3.63, 3.8) is 0 Å². The van der Waals surface area contributed by atoms with Crippen LogP contribution < -0.4 is 27.4 Å². The molecule has 32 heavy (non-hydrogen) atoms. The lowest BCUT2D eigenvalue weighted by atomic mass is 9.92. The molecule has 2 fully saturated rings. The number of nitrogens with one attached hydrogen (secondary N) is 3. The summed E-state index contributed by atoms with van der Waals surface area (Å²) in [5.41, 5.74) is 12.4. The van der Waals surface area contributed by atoms with Gasteiger partial charge in [0.05, 0.1) is 30.8 Å². The number of nitrogens with two attached hydrogens (primary N) is 2. The number of hydrogen-bond acceptors (Lipinski definition) is 7. The average molecular weight is 472 g/mol. The number of halogens is 1. The van der Waals surface area contributed by atoms with Gasteiger partial charge in [-0.05, 0) is 46.8 Å². The van der Waals surface area contributed by atoms with E-state index >= 15 is 0 Å². The molecule has 0 radical (unpaired) electrons. The molecule has 0 aromatic carbocycles. The quantitative estimate of drug-likeness (QED) is 0.244. The predicted octanol–water partition coefficient (Wildman–Crippen LogP) is -0.805. The second-order valence-corrected chi connectivity index (χ2v) is 10.6. The summed E-state index contributed by atoms with van der Waals surface area (Å²) in [5.74, 6) is -0.647. The normalized spacial score (nSPS) is 33.9. The third-order valence-electron chi connectivity index (χ3n) is 7.76. The molecule has 0 aromatic rings. The number of piperidine rings is 2. The van der Waals surface area contributed by atoms with Gasteiger partial charge in [-0.2, -0.15) is 0 Å². The molecule has 0 aliphatic carbocycles. The van der Waals surface area contributed by atoms with E-state index in [0.29, 0.717) is 23.1 Å². The highest BCUT2D eigenvalue weighted by Crippen LogP contribution is 2.26. The number of quaternary nitrogens is 1. The standard InChI is InChI=1S/C22H43ClN8O/c1-5-31(4)14-15(23)12-27-21(31)19(20(24)25)22(32)28-17-13-26-9-6-18(17)30-10-7-16(8-11-30)29(2)3/h14,16-21,26-27H,5-13,24-25H2,1-4H3/p+1. The summed E-state index contributed by atoms with van der Waals surface area (Å²) in [5, 5.41) is 11.0. The van der Waals surface area contributed by atoms with E-state index in [-0.39, 0.29) is 18.1 Å². The molecule has 1 amide bonds. The van der Waals surface area contributed by atoms with Crippen molar-refractivity contribution in [2.45, 2.75) is 56.6 Å². The maximum absolute atomic E-state index is 13.6. The molecule has 184 valence electrons. The molecule has 3 aliphatic rings. The topological polar surface area (TPSA) is 112 Å². The van der Waals surface area contributed by atoms with Gasteiger partial charge in [-0.15, -0.1) is 0 Å². The van der Waals surface area contributed by atoms with Crippen LogP contribution in [0.25, 0.3) is 0 Å². The summed E-state index contributed by atoms with van der Waals surface area (Å²) < 4.78 is 0.478. The Morgan fingerprint density at radius 2 is 2.03 bits per heavy atom. The van der Waals surface area contributed by atoms with Gasteiger partial charge in [0, 0.05) is 38.3 Å². The van der Waals surface area contributed by atoms with Crippen LogP contribution in [-0.4, -0.2) is 111 Å². The fourth-order valence-electron chi connectivity index (χ4n) is 5.61. The summed E-state index contributed by atoms with van der Waals surface area (Å²) in [6, 6.07) is 1.01. The highest BCUT2D eigenvalue weighted by atomic mass is 35.5. The van der Waals surface area contributed by atoms with Crippen LogP contribution in [0, 0.1) is 5.92 Å². The highest BCUT2D eigenvalue weighted by Gasteiger charge is 2.46. The molecule has 0 spiro atoms. The molecule has 0 aromatic heterocycles. The fourth-order valence-corrected chi connectivity index (χ4v) is 5.91. The summed E-state index contributed by atoms with van der Waals surface area (Å²) >= 11 is 6.30. The summed E-state index contributed by atoms with van der Waals surface area (Å²) in [6.07, 6.45) is 4.37. The molecular weight excluding hydrogens is 428 g/mol. The molecule has 3 aliphatic heterocycles. The Hall–Kier alpha value is -0.780. The third-order valence-corrected chi connectivity index (χ3v) is 7.99. The monoisotopic (exact) mass is 471 g/mol. The molecule has 2 saturated heterocycles. The zero-order chi connectivity index (χ0) is 23.5. The van der Waals surface area contributed by atoms with Crippen molar-refractivity contribution in [1.82, 2.24) is 25.8 Å². The Morgan fingerprint density at radius 3 is 2.62 bits per heavy atom. The van der Waals surface area contributed by atoms with E-state index in [9.17, 15) is 4.79 Å². The van der Waals surface area contributed by atoms with Crippen LogP contribution in [-0.2, 0) is 4.79 Å². The molecule has 0 saturated carbocycles. The first kappa shape index (κ1) is 25.8. The molecule has 7 N–H and O–H groups in total. The average Bonchev–Trinajstić information content (AvgIpc) is 2.76. The van der Waals surface area contributed by atoms with Gasteiger partial charge in [0.2, 0.25) is 5.91 Å². The van der Waals surface area contributed by atoms with Crippen molar-refractivity contribution in [1.29, 1.82) is 0 Å². The number of rotatable bonds is 7. The van der Waals surface area contributed by atoms with Crippen LogP contribution in [0.2, 0.25) is 0 Å². The van der Waals surface area contributed by atoms with Crippen molar-refractivity contribution in [2.24, 2.45) is 17.4 Å². The summed E-state index contributed by atoms with van der Waals surface area (Å²) in [6.45, 7) is 7.25. The van der Waals surface area contributed by atoms with E-state index in [1.807, 2.05) is 6.20 Å². The molecule has 3 rings (SSSR count). The van der Waals surface area contributed by atoms with Crippen LogP contribution in [0.1, 0.15) is 26.2 Å². The molecule has 9 nitrogen and oxygen atoms in total. The van der Waals surface area contributed by atoms with Crippen LogP contribution in [0.15, 0.2) is 11.2 Å². The molecule has 0 bridgehead atoms. The SMILES string of the molecule is CC[N+]1(C)C=C(Cl)CNC1C(C(=O)NC1CNCCC1N1CCC(N(C)C)CC1)C(N)N. The van der Waals surface area contributed by atoms with Crippen molar-refractivity contribution < 1.29 is 9.28 Å². The minimum Gasteiger partial charge on any atom is -0.350 e. The van der Waals surface area contributed by atoms with Crippen molar-refractivity contribution in [3.8, 4) is 0 Å². The third kappa shape index (κ3) is 5.82. The maximum Gasteiger partial charge on any atom is 0.233 e. The second kappa shape index (κ2) is 11.1. The van der Waals surface area contributed by atoms with Gasteiger partial charge >= 0.3 is 0 Å². The van der Waals surface area contributed by atoms with Crippen molar-refractivity contribution >= 4 is 17.5 Å². The minimum atomic E-state index is -0.771. The smallest absolute Gasteiger partial charge is 0.233 e. The van der Waals surface area contributed by atoms with Crippen LogP contribution in [0.5, 0.6) is 0 Å². The molecule has 5 atom stereocenters. The van der Waals surface area contributed by atoms with Crippen LogP contribution in [0.3, 0.4) is 0 Å². The highest BCUT2D eigenvalue weighted by molar-refractivity contribution is 6.29. The van der Waals surface area contributed by atoms with E-state index in [2.05, 4.69) is 53.8 Å². The number of hydrogen-bond donors (Lipinski definition) is 5. The summed E-state index contributed by atoms with van der Waals surface area (Å²) in [7, 11) is 6.38. The van der Waals surface area contributed by atoms with Gasteiger partial charge in [0.25, 0.3) is 0 Å². The van der Waals surface area contributed by atoms with E-state index in [4.69, 9.17) is 23.1 Å². The first-order valence-electron chi connectivity index (χ1n) is 12.0.